The highest BCUT2D eigenvalue weighted by Gasteiger charge is 2.22. The normalized spacial score (nSPS) is 10.4. The lowest BCUT2D eigenvalue weighted by atomic mass is 10.2. The Hall–Kier alpha value is -3.27. The Labute approximate surface area is 125 Å². The van der Waals surface area contributed by atoms with Gasteiger partial charge in [0, 0.05) is 11.8 Å². The molecular formula is C15H12N4O3. The van der Waals surface area contributed by atoms with Crippen LogP contribution in [0.15, 0.2) is 30.5 Å². The van der Waals surface area contributed by atoms with E-state index in [0.29, 0.717) is 11.5 Å². The number of benzene rings is 1. The zero-order chi connectivity index (χ0) is 15.7. The van der Waals surface area contributed by atoms with E-state index in [-0.39, 0.29) is 11.3 Å². The van der Waals surface area contributed by atoms with Crippen LogP contribution in [0.25, 0.3) is 21.9 Å². The molecule has 1 aromatic carbocycles. The second kappa shape index (κ2) is 5.26. The van der Waals surface area contributed by atoms with Gasteiger partial charge in [0.1, 0.15) is 11.3 Å². The summed E-state index contributed by atoms with van der Waals surface area (Å²) in [4.78, 5) is 19.6. The van der Waals surface area contributed by atoms with Crippen LogP contribution >= 0.6 is 0 Å². The number of carbonyl (C=O) groups is 1. The number of fused-ring (bicyclic) bond motifs is 1. The van der Waals surface area contributed by atoms with Gasteiger partial charge >= 0.3 is 5.97 Å². The molecule has 0 saturated heterocycles. The van der Waals surface area contributed by atoms with Gasteiger partial charge in [0.2, 0.25) is 5.69 Å². The number of aromatic amines is 1. The number of nitrogens with zero attached hydrogens (tertiary/aromatic N) is 3. The molecule has 7 nitrogen and oxygen atoms in total. The Kier molecular flexibility index (Phi) is 3.27. The molecule has 3 aromatic rings. The van der Waals surface area contributed by atoms with E-state index in [4.69, 9.17) is 16.0 Å². The standard InChI is InChI=1S/C15H12N4O3/c1-16-11-8-19-14(12(11)15(20)22-3)17-13(18-19)9-4-6-10(21-2)7-5-9/h4-8H,2-3H3,(H,17,18). The second-order valence-electron chi connectivity index (χ2n) is 4.49. The van der Waals surface area contributed by atoms with E-state index in [2.05, 4.69) is 14.9 Å². The summed E-state index contributed by atoms with van der Waals surface area (Å²) in [6.45, 7) is 7.14. The summed E-state index contributed by atoms with van der Waals surface area (Å²) < 4.78 is 11.4. The predicted molar refractivity (Wildman–Crippen MR) is 79.1 cm³/mol. The lowest BCUT2D eigenvalue weighted by molar-refractivity contribution is 0.0604. The van der Waals surface area contributed by atoms with Crippen LogP contribution in [0.2, 0.25) is 0 Å². The zero-order valence-electron chi connectivity index (χ0n) is 12.0. The molecule has 7 heteroatoms. The number of H-pyrrole nitrogens is 1. The number of methoxy groups -OCH3 is 2. The van der Waals surface area contributed by atoms with E-state index in [1.54, 1.807) is 11.6 Å². The highest BCUT2D eigenvalue weighted by molar-refractivity contribution is 6.02. The van der Waals surface area contributed by atoms with Crippen molar-refractivity contribution in [1.29, 1.82) is 0 Å². The van der Waals surface area contributed by atoms with Crippen LogP contribution in [0, 0.1) is 6.57 Å². The molecule has 0 unspecified atom stereocenters. The maximum absolute atomic E-state index is 11.8. The molecular weight excluding hydrogens is 284 g/mol. The third-order valence-corrected chi connectivity index (χ3v) is 3.28. The van der Waals surface area contributed by atoms with Crippen molar-refractivity contribution < 1.29 is 14.3 Å². The largest absolute Gasteiger partial charge is 0.497 e. The van der Waals surface area contributed by atoms with E-state index in [1.807, 2.05) is 24.3 Å². The number of rotatable bonds is 3. The lowest BCUT2D eigenvalue weighted by Crippen LogP contribution is -2.00. The molecule has 0 aliphatic heterocycles. The zero-order valence-corrected chi connectivity index (χ0v) is 12.0. The van der Waals surface area contributed by atoms with Crippen molar-refractivity contribution in [2.45, 2.75) is 0 Å². The smallest absolute Gasteiger partial charge is 0.331 e. The van der Waals surface area contributed by atoms with Gasteiger partial charge in [0.05, 0.1) is 20.8 Å². The molecule has 3 rings (SSSR count). The molecule has 0 bridgehead atoms. The van der Waals surface area contributed by atoms with Crippen molar-refractivity contribution in [2.24, 2.45) is 0 Å². The van der Waals surface area contributed by atoms with Crippen molar-refractivity contribution in [3.8, 4) is 17.1 Å². The highest BCUT2D eigenvalue weighted by atomic mass is 16.5. The van der Waals surface area contributed by atoms with Crippen LogP contribution in [0.4, 0.5) is 5.69 Å². The third kappa shape index (κ3) is 2.07. The van der Waals surface area contributed by atoms with Gasteiger partial charge in [0.15, 0.2) is 11.5 Å². The number of hydrogen-bond donors (Lipinski definition) is 1. The van der Waals surface area contributed by atoms with Gasteiger partial charge in [-0.1, -0.05) is 0 Å². The SMILES string of the molecule is [C-]#[N+]c1cn2[nH]c(-c3ccc(OC)cc3)nc2c1C(=O)OC. The molecule has 0 spiro atoms. The Morgan fingerprint density at radius 1 is 1.32 bits per heavy atom. The van der Waals surface area contributed by atoms with Gasteiger partial charge in [-0.25, -0.2) is 14.6 Å². The van der Waals surface area contributed by atoms with Gasteiger partial charge in [-0.2, -0.15) is 0 Å². The fourth-order valence-corrected chi connectivity index (χ4v) is 2.18. The van der Waals surface area contributed by atoms with E-state index < -0.39 is 5.97 Å². The predicted octanol–water partition coefficient (Wildman–Crippen LogP) is 2.68. The molecule has 110 valence electrons. The molecule has 22 heavy (non-hydrogen) atoms. The van der Waals surface area contributed by atoms with Gasteiger partial charge in [-0.05, 0) is 24.3 Å². The van der Waals surface area contributed by atoms with E-state index in [0.717, 1.165) is 11.3 Å². The summed E-state index contributed by atoms with van der Waals surface area (Å²) in [6, 6.07) is 7.34. The molecule has 0 amide bonds. The second-order valence-corrected chi connectivity index (χ2v) is 4.49. The van der Waals surface area contributed by atoms with Crippen LogP contribution in [0.3, 0.4) is 0 Å². The Morgan fingerprint density at radius 3 is 2.64 bits per heavy atom. The molecule has 2 heterocycles. The van der Waals surface area contributed by atoms with Crippen LogP contribution in [0.5, 0.6) is 5.75 Å². The van der Waals surface area contributed by atoms with Gasteiger partial charge < -0.3 is 9.47 Å². The monoisotopic (exact) mass is 296 g/mol. The van der Waals surface area contributed by atoms with Crippen molar-refractivity contribution >= 4 is 17.3 Å². The first-order chi connectivity index (χ1) is 10.7. The first kappa shape index (κ1) is 13.7. The van der Waals surface area contributed by atoms with Crippen molar-refractivity contribution in [2.75, 3.05) is 14.2 Å². The fraction of sp³-hybridized carbons (Fsp3) is 0.133. The highest BCUT2D eigenvalue weighted by Crippen LogP contribution is 2.28. The molecule has 0 aliphatic carbocycles. The lowest BCUT2D eigenvalue weighted by Gasteiger charge is -2.00. The first-order valence-electron chi connectivity index (χ1n) is 6.39. The molecule has 0 saturated carbocycles. The van der Waals surface area contributed by atoms with E-state index in [1.165, 1.54) is 13.3 Å². The van der Waals surface area contributed by atoms with Gasteiger partial charge in [-0.3, -0.25) is 9.61 Å². The van der Waals surface area contributed by atoms with Crippen molar-refractivity contribution in [1.82, 2.24) is 14.6 Å². The minimum absolute atomic E-state index is 0.161. The average molecular weight is 296 g/mol. The van der Waals surface area contributed by atoms with E-state index in [9.17, 15) is 4.79 Å². The topological polar surface area (TPSA) is 73.0 Å². The summed E-state index contributed by atoms with van der Waals surface area (Å²) in [5.41, 5.74) is 1.56. The van der Waals surface area contributed by atoms with Crippen molar-refractivity contribution in [3.05, 3.63) is 47.4 Å². The van der Waals surface area contributed by atoms with Crippen LogP contribution in [-0.4, -0.2) is 34.8 Å². The molecule has 1 N–H and O–H groups in total. The quantitative estimate of drug-likeness (QED) is 0.595. The molecule has 0 atom stereocenters. The number of nitrogens with one attached hydrogen (secondary N) is 1. The van der Waals surface area contributed by atoms with Crippen LogP contribution in [-0.2, 0) is 4.74 Å². The van der Waals surface area contributed by atoms with Crippen molar-refractivity contribution in [3.63, 3.8) is 0 Å². The molecule has 0 radical (unpaired) electrons. The van der Waals surface area contributed by atoms with E-state index >= 15 is 0 Å². The molecule has 0 aliphatic rings. The minimum Gasteiger partial charge on any atom is -0.497 e. The fourth-order valence-electron chi connectivity index (χ4n) is 2.18. The maximum atomic E-state index is 11.8. The van der Waals surface area contributed by atoms with Crippen LogP contribution in [0.1, 0.15) is 10.4 Å². The molecule has 0 fully saturated rings. The summed E-state index contributed by atoms with van der Waals surface area (Å²) >= 11 is 0. The summed E-state index contributed by atoms with van der Waals surface area (Å²) in [6.07, 6.45) is 1.52. The third-order valence-electron chi connectivity index (χ3n) is 3.28. The Morgan fingerprint density at radius 2 is 2.05 bits per heavy atom. The summed E-state index contributed by atoms with van der Waals surface area (Å²) in [5.74, 6) is 0.744. The van der Waals surface area contributed by atoms with Crippen LogP contribution < -0.4 is 4.74 Å². The molecule has 2 aromatic heterocycles. The van der Waals surface area contributed by atoms with Gasteiger partial charge in [-0.15, -0.1) is 0 Å². The number of ether oxygens (including phenoxy) is 2. The number of hydrogen-bond acceptors (Lipinski definition) is 4. The number of esters is 1. The summed E-state index contributed by atoms with van der Waals surface area (Å²) in [7, 11) is 2.87. The maximum Gasteiger partial charge on any atom is 0.331 e. The van der Waals surface area contributed by atoms with Gasteiger partial charge in [0.25, 0.3) is 0 Å². The first-order valence-corrected chi connectivity index (χ1v) is 6.39. The Balaban J connectivity index is 2.12. The average Bonchev–Trinajstić information content (AvgIpc) is 3.11. The minimum atomic E-state index is -0.582. The summed E-state index contributed by atoms with van der Waals surface area (Å²) in [5, 5.41) is 3.04. The number of carbonyl (C=O) groups excluding carboxylic acids is 1. The Bertz CT molecular complexity index is 884. The number of aromatic nitrogens is 3.